The maximum Gasteiger partial charge on any atom is 0.320 e. The quantitative estimate of drug-likeness (QED) is 0.796. The highest BCUT2D eigenvalue weighted by molar-refractivity contribution is 5.71. The van der Waals surface area contributed by atoms with E-state index in [1.807, 2.05) is 19.1 Å². The van der Waals surface area contributed by atoms with E-state index >= 15 is 0 Å². The van der Waals surface area contributed by atoms with Gasteiger partial charge in [0.1, 0.15) is 13.2 Å². The maximum absolute atomic E-state index is 11.7. The van der Waals surface area contributed by atoms with Gasteiger partial charge in [0.25, 0.3) is 0 Å². The molecule has 0 radical (unpaired) electrons. The number of hydrogen-bond acceptors (Lipinski definition) is 5. The second kappa shape index (κ2) is 6.35. The van der Waals surface area contributed by atoms with Gasteiger partial charge in [-0.2, -0.15) is 0 Å². The number of hydrogen-bond donors (Lipinski definition) is 0. The Morgan fingerprint density at radius 3 is 2.95 bits per heavy atom. The van der Waals surface area contributed by atoms with Gasteiger partial charge in [-0.25, -0.2) is 0 Å². The van der Waals surface area contributed by atoms with Crippen LogP contribution in [0.1, 0.15) is 31.4 Å². The molecule has 0 spiro atoms. The van der Waals surface area contributed by atoms with Crippen molar-refractivity contribution in [2.45, 2.75) is 25.8 Å². The number of carbonyl (C=O) groups is 1. The van der Waals surface area contributed by atoms with Gasteiger partial charge in [0.15, 0.2) is 11.5 Å². The summed E-state index contributed by atoms with van der Waals surface area (Å²) in [4.78, 5) is 13.9. The van der Waals surface area contributed by atoms with E-state index in [0.717, 1.165) is 30.9 Å². The second-order valence-corrected chi connectivity index (χ2v) is 5.34. The summed E-state index contributed by atoms with van der Waals surface area (Å²) in [7, 11) is 0. The Bertz CT molecular complexity index is 517. The van der Waals surface area contributed by atoms with Gasteiger partial charge in [0, 0.05) is 6.04 Å². The highest BCUT2D eigenvalue weighted by Crippen LogP contribution is 2.37. The Morgan fingerprint density at radius 1 is 1.33 bits per heavy atom. The molecule has 21 heavy (non-hydrogen) atoms. The van der Waals surface area contributed by atoms with Crippen LogP contribution >= 0.6 is 0 Å². The Hall–Kier alpha value is -1.75. The fourth-order valence-electron chi connectivity index (χ4n) is 3.03. The summed E-state index contributed by atoms with van der Waals surface area (Å²) < 4.78 is 16.2. The molecule has 1 aromatic carbocycles. The molecule has 2 aliphatic rings. The minimum absolute atomic E-state index is 0.151. The lowest BCUT2D eigenvalue weighted by Crippen LogP contribution is -2.30. The highest BCUT2D eigenvalue weighted by atomic mass is 16.6. The van der Waals surface area contributed by atoms with Crippen molar-refractivity contribution >= 4 is 5.97 Å². The number of nitrogens with zero attached hydrogens (tertiary/aromatic N) is 1. The van der Waals surface area contributed by atoms with E-state index in [-0.39, 0.29) is 12.0 Å². The molecule has 1 unspecified atom stereocenters. The van der Waals surface area contributed by atoms with Crippen molar-refractivity contribution in [1.82, 2.24) is 4.90 Å². The van der Waals surface area contributed by atoms with Gasteiger partial charge in [-0.1, -0.05) is 6.07 Å². The van der Waals surface area contributed by atoms with Crippen LogP contribution in [0.5, 0.6) is 11.5 Å². The van der Waals surface area contributed by atoms with Crippen molar-refractivity contribution in [2.75, 3.05) is 32.9 Å². The lowest BCUT2D eigenvalue weighted by atomic mass is 10.0. The Balaban J connectivity index is 1.74. The molecule has 1 saturated heterocycles. The van der Waals surface area contributed by atoms with E-state index in [4.69, 9.17) is 14.2 Å². The third kappa shape index (κ3) is 3.13. The summed E-state index contributed by atoms with van der Waals surface area (Å²) in [5.74, 6) is 1.46. The third-order valence-electron chi connectivity index (χ3n) is 3.95. The Morgan fingerprint density at radius 2 is 2.14 bits per heavy atom. The number of fused-ring (bicyclic) bond motifs is 1. The van der Waals surface area contributed by atoms with Gasteiger partial charge >= 0.3 is 5.97 Å². The molecule has 2 aliphatic heterocycles. The monoisotopic (exact) mass is 291 g/mol. The molecular weight excluding hydrogens is 270 g/mol. The average Bonchev–Trinajstić information content (AvgIpc) is 2.95. The molecule has 0 bridgehead atoms. The highest BCUT2D eigenvalue weighted by Gasteiger charge is 2.29. The smallest absolute Gasteiger partial charge is 0.320 e. The molecule has 1 fully saturated rings. The number of rotatable bonds is 4. The lowest BCUT2D eigenvalue weighted by molar-refractivity contribution is -0.144. The molecule has 0 N–H and O–H groups in total. The normalized spacial score (nSPS) is 21.3. The maximum atomic E-state index is 11.7. The topological polar surface area (TPSA) is 48.0 Å². The number of benzene rings is 1. The molecule has 1 aromatic rings. The molecule has 0 aliphatic carbocycles. The summed E-state index contributed by atoms with van der Waals surface area (Å²) in [5.41, 5.74) is 1.18. The van der Waals surface area contributed by atoms with E-state index in [9.17, 15) is 4.79 Å². The molecule has 5 nitrogen and oxygen atoms in total. The zero-order valence-electron chi connectivity index (χ0n) is 12.3. The van der Waals surface area contributed by atoms with Crippen LogP contribution in [0.3, 0.4) is 0 Å². The SMILES string of the molecule is CCOC(=O)CN1CCCC1c1ccc2c(c1)OCCO2. The summed E-state index contributed by atoms with van der Waals surface area (Å²) in [6, 6.07) is 6.33. The van der Waals surface area contributed by atoms with Gasteiger partial charge < -0.3 is 14.2 Å². The van der Waals surface area contributed by atoms with Crippen LogP contribution in [0.15, 0.2) is 18.2 Å². The Labute approximate surface area is 124 Å². The zero-order chi connectivity index (χ0) is 14.7. The summed E-state index contributed by atoms with van der Waals surface area (Å²) in [5, 5.41) is 0. The van der Waals surface area contributed by atoms with Crippen molar-refractivity contribution < 1.29 is 19.0 Å². The summed E-state index contributed by atoms with van der Waals surface area (Å²) in [6.45, 7) is 4.74. The van der Waals surface area contributed by atoms with Gasteiger partial charge in [-0.3, -0.25) is 9.69 Å². The molecule has 0 aromatic heterocycles. The number of carbonyl (C=O) groups excluding carboxylic acids is 1. The van der Waals surface area contributed by atoms with Crippen LogP contribution in [-0.4, -0.2) is 43.8 Å². The van der Waals surface area contributed by atoms with E-state index in [1.165, 1.54) is 5.56 Å². The van der Waals surface area contributed by atoms with Crippen molar-refractivity contribution in [1.29, 1.82) is 0 Å². The number of esters is 1. The predicted octanol–water partition coefficient (Wildman–Crippen LogP) is 2.16. The largest absolute Gasteiger partial charge is 0.486 e. The molecule has 0 saturated carbocycles. The number of likely N-dealkylation sites (tertiary alicyclic amines) is 1. The van der Waals surface area contributed by atoms with Crippen LogP contribution in [0.2, 0.25) is 0 Å². The fraction of sp³-hybridized carbons (Fsp3) is 0.562. The fourth-order valence-corrected chi connectivity index (χ4v) is 3.03. The Kier molecular flexibility index (Phi) is 4.29. The van der Waals surface area contributed by atoms with Crippen LogP contribution in [0.4, 0.5) is 0 Å². The lowest BCUT2D eigenvalue weighted by Gasteiger charge is -2.25. The van der Waals surface area contributed by atoms with E-state index in [1.54, 1.807) is 0 Å². The standard InChI is InChI=1S/C16H21NO4/c1-2-19-16(18)11-17-7-3-4-13(17)12-5-6-14-15(10-12)21-9-8-20-14/h5-6,10,13H,2-4,7-9,11H2,1H3. The first-order valence-electron chi connectivity index (χ1n) is 7.57. The van der Waals surface area contributed by atoms with Gasteiger partial charge in [-0.15, -0.1) is 0 Å². The summed E-state index contributed by atoms with van der Waals surface area (Å²) in [6.07, 6.45) is 2.15. The van der Waals surface area contributed by atoms with Crippen LogP contribution < -0.4 is 9.47 Å². The first-order valence-corrected chi connectivity index (χ1v) is 7.57. The average molecular weight is 291 g/mol. The van der Waals surface area contributed by atoms with Crippen molar-refractivity contribution in [3.05, 3.63) is 23.8 Å². The van der Waals surface area contributed by atoms with Crippen LogP contribution in [0.25, 0.3) is 0 Å². The minimum atomic E-state index is -0.151. The van der Waals surface area contributed by atoms with Crippen LogP contribution in [-0.2, 0) is 9.53 Å². The molecule has 114 valence electrons. The number of ether oxygens (including phenoxy) is 3. The van der Waals surface area contributed by atoms with Crippen LogP contribution in [0, 0.1) is 0 Å². The van der Waals surface area contributed by atoms with Crippen molar-refractivity contribution in [3.63, 3.8) is 0 Å². The van der Waals surface area contributed by atoms with E-state index < -0.39 is 0 Å². The molecule has 3 rings (SSSR count). The summed E-state index contributed by atoms with van der Waals surface area (Å²) >= 11 is 0. The third-order valence-corrected chi connectivity index (χ3v) is 3.95. The molecule has 1 atom stereocenters. The van der Waals surface area contributed by atoms with E-state index in [0.29, 0.717) is 26.4 Å². The molecule has 5 heteroatoms. The first kappa shape index (κ1) is 14.2. The van der Waals surface area contributed by atoms with Gasteiger partial charge in [0.05, 0.1) is 13.2 Å². The predicted molar refractivity (Wildman–Crippen MR) is 77.6 cm³/mol. The molecule has 2 heterocycles. The van der Waals surface area contributed by atoms with Gasteiger partial charge in [0.2, 0.25) is 0 Å². The first-order chi connectivity index (χ1) is 10.3. The van der Waals surface area contributed by atoms with Gasteiger partial charge in [-0.05, 0) is 44.0 Å². The molecular formula is C16H21NO4. The van der Waals surface area contributed by atoms with Crippen molar-refractivity contribution in [2.24, 2.45) is 0 Å². The van der Waals surface area contributed by atoms with Crippen molar-refractivity contribution in [3.8, 4) is 11.5 Å². The zero-order valence-corrected chi connectivity index (χ0v) is 12.3. The molecule has 0 amide bonds. The minimum Gasteiger partial charge on any atom is -0.486 e. The van der Waals surface area contributed by atoms with E-state index in [2.05, 4.69) is 11.0 Å². The second-order valence-electron chi connectivity index (χ2n) is 5.34.